The summed E-state index contributed by atoms with van der Waals surface area (Å²) in [6, 6.07) is 14.7. The Hall–Kier alpha value is -2.57. The number of aliphatic hydroxyl groups excluding tert-OH is 2. The summed E-state index contributed by atoms with van der Waals surface area (Å²) in [7, 11) is 0. The van der Waals surface area contributed by atoms with Gasteiger partial charge in [0.05, 0.1) is 12.6 Å². The highest BCUT2D eigenvalue weighted by molar-refractivity contribution is 5.81. The number of nitrogens with one attached hydrogen (secondary N) is 1. The highest BCUT2D eigenvalue weighted by Gasteiger charge is 2.25. The number of carbonyl (C=O) groups is 1. The minimum Gasteiger partial charge on any atom is -0.481 e. The Balaban J connectivity index is 1.98. The van der Waals surface area contributed by atoms with E-state index in [1.54, 1.807) is 55.5 Å². The Morgan fingerprint density at radius 3 is 2.38 bits per heavy atom. The van der Waals surface area contributed by atoms with Crippen LogP contribution in [0.3, 0.4) is 0 Å². The predicted octanol–water partition coefficient (Wildman–Crippen LogP) is 1.25. The summed E-state index contributed by atoms with van der Waals surface area (Å²) in [6.07, 6.45) is -1.82. The molecule has 3 unspecified atom stereocenters. The van der Waals surface area contributed by atoms with E-state index in [1.807, 2.05) is 6.07 Å². The predicted molar refractivity (Wildman–Crippen MR) is 91.4 cm³/mol. The molecule has 0 aliphatic heterocycles. The van der Waals surface area contributed by atoms with Gasteiger partial charge in [0.15, 0.2) is 6.10 Å². The molecular weight excluding hydrogens is 308 g/mol. The average Bonchev–Trinajstić information content (AvgIpc) is 2.60. The van der Waals surface area contributed by atoms with Crippen molar-refractivity contribution in [1.82, 2.24) is 5.32 Å². The fraction of sp³-hybridized carbons (Fsp3) is 0.278. The second-order valence-electron chi connectivity index (χ2n) is 5.48. The zero-order valence-electron chi connectivity index (χ0n) is 13.4. The van der Waals surface area contributed by atoms with Gasteiger partial charge >= 0.3 is 0 Å². The molecule has 6 heteroatoms. The average molecular weight is 330 g/mol. The molecule has 3 atom stereocenters. The van der Waals surface area contributed by atoms with Crippen molar-refractivity contribution in [3.63, 3.8) is 0 Å². The lowest BCUT2D eigenvalue weighted by atomic mass is 10.0. The summed E-state index contributed by atoms with van der Waals surface area (Å²) in [6.45, 7) is 1.20. The lowest BCUT2D eigenvalue weighted by molar-refractivity contribution is -0.129. The molecule has 2 rings (SSSR count). The number of benzene rings is 2. The Morgan fingerprint density at radius 2 is 1.79 bits per heavy atom. The van der Waals surface area contributed by atoms with Crippen LogP contribution in [0.1, 0.15) is 18.6 Å². The molecule has 6 nitrogen and oxygen atoms in total. The van der Waals surface area contributed by atoms with Crippen LogP contribution in [0.2, 0.25) is 0 Å². The van der Waals surface area contributed by atoms with Gasteiger partial charge in [-0.15, -0.1) is 0 Å². The van der Waals surface area contributed by atoms with Gasteiger partial charge in [0.2, 0.25) is 0 Å². The van der Waals surface area contributed by atoms with E-state index < -0.39 is 30.8 Å². The SMILES string of the molecule is CC(Oc1ccccc1)C(=O)NC(CO)C(O)c1ccc(N)cc1. The Morgan fingerprint density at radius 1 is 1.17 bits per heavy atom. The first-order valence-electron chi connectivity index (χ1n) is 7.67. The van der Waals surface area contributed by atoms with Crippen LogP contribution >= 0.6 is 0 Å². The number of rotatable bonds is 7. The second-order valence-corrected chi connectivity index (χ2v) is 5.48. The van der Waals surface area contributed by atoms with Crippen LogP contribution < -0.4 is 15.8 Å². The fourth-order valence-corrected chi connectivity index (χ4v) is 2.21. The van der Waals surface area contributed by atoms with Crippen molar-refractivity contribution in [3.05, 3.63) is 60.2 Å². The van der Waals surface area contributed by atoms with Crippen LogP contribution in [0.25, 0.3) is 0 Å². The second kappa shape index (κ2) is 8.33. The molecule has 0 saturated heterocycles. The number of hydrogen-bond acceptors (Lipinski definition) is 5. The summed E-state index contributed by atoms with van der Waals surface area (Å²) in [5, 5.41) is 22.4. The third-order valence-corrected chi connectivity index (χ3v) is 3.61. The Bertz CT molecular complexity index is 646. The third kappa shape index (κ3) is 4.71. The summed E-state index contributed by atoms with van der Waals surface area (Å²) >= 11 is 0. The quantitative estimate of drug-likeness (QED) is 0.572. The maximum Gasteiger partial charge on any atom is 0.261 e. The van der Waals surface area contributed by atoms with Crippen LogP contribution in [0.5, 0.6) is 5.75 Å². The van der Waals surface area contributed by atoms with E-state index in [2.05, 4.69) is 5.32 Å². The van der Waals surface area contributed by atoms with Crippen molar-refractivity contribution < 1.29 is 19.7 Å². The van der Waals surface area contributed by atoms with E-state index in [0.717, 1.165) is 0 Å². The van der Waals surface area contributed by atoms with Gasteiger partial charge in [-0.1, -0.05) is 30.3 Å². The highest BCUT2D eigenvalue weighted by Crippen LogP contribution is 2.18. The van der Waals surface area contributed by atoms with Gasteiger partial charge in [-0.3, -0.25) is 4.79 Å². The molecule has 2 aromatic rings. The molecule has 24 heavy (non-hydrogen) atoms. The normalized spacial score (nSPS) is 14.5. The van der Waals surface area contributed by atoms with E-state index in [9.17, 15) is 15.0 Å². The first-order valence-corrected chi connectivity index (χ1v) is 7.67. The number of ether oxygens (including phenoxy) is 1. The Labute approximate surface area is 140 Å². The van der Waals surface area contributed by atoms with Crippen molar-refractivity contribution in [3.8, 4) is 5.75 Å². The van der Waals surface area contributed by atoms with E-state index in [0.29, 0.717) is 17.0 Å². The number of amides is 1. The fourth-order valence-electron chi connectivity index (χ4n) is 2.21. The number of para-hydroxylation sites is 1. The van der Waals surface area contributed by atoms with Crippen LogP contribution in [-0.4, -0.2) is 34.9 Å². The first kappa shape index (κ1) is 17.8. The number of aliphatic hydroxyl groups is 2. The minimum atomic E-state index is -1.05. The standard InChI is InChI=1S/C18H22N2O4/c1-12(24-15-5-3-2-4-6-15)18(23)20-16(11-21)17(22)13-7-9-14(19)10-8-13/h2-10,12,16-17,21-22H,11,19H2,1H3,(H,20,23). The Kier molecular flexibility index (Phi) is 6.17. The molecule has 128 valence electrons. The van der Waals surface area contributed by atoms with E-state index in [1.165, 1.54) is 0 Å². The van der Waals surface area contributed by atoms with Crippen LogP contribution in [-0.2, 0) is 4.79 Å². The molecular formula is C18H22N2O4. The van der Waals surface area contributed by atoms with E-state index >= 15 is 0 Å². The molecule has 0 radical (unpaired) electrons. The van der Waals surface area contributed by atoms with Crippen molar-refractivity contribution in [2.75, 3.05) is 12.3 Å². The summed E-state index contributed by atoms with van der Waals surface area (Å²) in [4.78, 5) is 12.2. The lowest BCUT2D eigenvalue weighted by Gasteiger charge is -2.24. The maximum atomic E-state index is 12.2. The molecule has 5 N–H and O–H groups in total. The minimum absolute atomic E-state index is 0.407. The molecule has 0 aromatic heterocycles. The monoisotopic (exact) mass is 330 g/mol. The number of nitrogens with two attached hydrogens (primary N) is 1. The van der Waals surface area contributed by atoms with Gasteiger partial charge in [0.1, 0.15) is 11.9 Å². The van der Waals surface area contributed by atoms with Gasteiger partial charge in [-0.25, -0.2) is 0 Å². The van der Waals surface area contributed by atoms with Crippen molar-refractivity contribution in [2.45, 2.75) is 25.2 Å². The zero-order chi connectivity index (χ0) is 17.5. The lowest BCUT2D eigenvalue weighted by Crippen LogP contribution is -2.47. The number of carbonyl (C=O) groups excluding carboxylic acids is 1. The smallest absolute Gasteiger partial charge is 0.261 e. The van der Waals surface area contributed by atoms with Gasteiger partial charge < -0.3 is 26.0 Å². The zero-order valence-corrected chi connectivity index (χ0v) is 13.4. The molecule has 2 aromatic carbocycles. The molecule has 0 heterocycles. The van der Waals surface area contributed by atoms with Gasteiger partial charge in [-0.2, -0.15) is 0 Å². The third-order valence-electron chi connectivity index (χ3n) is 3.61. The largest absolute Gasteiger partial charge is 0.481 e. The van der Waals surface area contributed by atoms with E-state index in [-0.39, 0.29) is 0 Å². The molecule has 1 amide bonds. The molecule has 0 bridgehead atoms. The van der Waals surface area contributed by atoms with Gasteiger partial charge in [0.25, 0.3) is 5.91 Å². The first-order chi connectivity index (χ1) is 11.5. The summed E-state index contributed by atoms with van der Waals surface area (Å²) in [5.41, 5.74) is 6.74. The molecule has 0 spiro atoms. The number of nitrogen functional groups attached to an aromatic ring is 1. The highest BCUT2D eigenvalue weighted by atomic mass is 16.5. The molecule has 0 aliphatic rings. The summed E-state index contributed by atoms with van der Waals surface area (Å²) in [5.74, 6) is 0.146. The van der Waals surface area contributed by atoms with Crippen molar-refractivity contribution >= 4 is 11.6 Å². The van der Waals surface area contributed by atoms with Gasteiger partial charge in [-0.05, 0) is 36.8 Å². The van der Waals surface area contributed by atoms with Crippen molar-refractivity contribution in [1.29, 1.82) is 0 Å². The molecule has 0 fully saturated rings. The number of anilines is 1. The van der Waals surface area contributed by atoms with Crippen LogP contribution in [0, 0.1) is 0 Å². The van der Waals surface area contributed by atoms with E-state index in [4.69, 9.17) is 10.5 Å². The van der Waals surface area contributed by atoms with Gasteiger partial charge in [0, 0.05) is 5.69 Å². The maximum absolute atomic E-state index is 12.2. The molecule has 0 aliphatic carbocycles. The topological polar surface area (TPSA) is 105 Å². The van der Waals surface area contributed by atoms with Crippen LogP contribution in [0.4, 0.5) is 5.69 Å². The van der Waals surface area contributed by atoms with Crippen LogP contribution in [0.15, 0.2) is 54.6 Å². The molecule has 0 saturated carbocycles. The summed E-state index contributed by atoms with van der Waals surface area (Å²) < 4.78 is 5.53. The number of hydrogen-bond donors (Lipinski definition) is 4. The van der Waals surface area contributed by atoms with Crippen molar-refractivity contribution in [2.24, 2.45) is 0 Å².